The second-order valence-corrected chi connectivity index (χ2v) is 2.73. The number of halogens is 3. The predicted octanol–water partition coefficient (Wildman–Crippen LogP) is 0.604. The molecule has 5 nitrogen and oxygen atoms in total. The van der Waals surface area contributed by atoms with E-state index >= 15 is 0 Å². The molecule has 0 radical (unpaired) electrons. The van der Waals surface area contributed by atoms with Gasteiger partial charge in [0, 0.05) is 12.1 Å². The number of H-pyrrole nitrogens is 1. The van der Waals surface area contributed by atoms with Crippen LogP contribution in [0.15, 0.2) is 10.9 Å². The number of rotatable bonds is 2. The Morgan fingerprint density at radius 2 is 2.19 bits per heavy atom. The Kier molecular flexibility index (Phi) is 3.20. The molecule has 0 aliphatic rings. The average molecular weight is 233 g/mol. The molecule has 86 valence electrons. The third kappa shape index (κ3) is 2.74. The number of alkyl halides is 3. The first-order valence-corrected chi connectivity index (χ1v) is 3.99. The van der Waals surface area contributed by atoms with E-state index in [1.807, 2.05) is 4.98 Å². The quantitative estimate of drug-likeness (QED) is 0.782. The number of pyridine rings is 1. The standard InChI is InChI=1S/C8H6F3N3O2/c9-8(10,11)16-6-4(2-12)1-5(3-13)14-7(6)15/h1H,2,12H2,(H,14,15). The van der Waals surface area contributed by atoms with Crippen molar-refractivity contribution in [2.75, 3.05) is 0 Å². The lowest BCUT2D eigenvalue weighted by atomic mass is 10.2. The van der Waals surface area contributed by atoms with E-state index < -0.39 is 17.7 Å². The van der Waals surface area contributed by atoms with Crippen LogP contribution in [0.1, 0.15) is 11.3 Å². The summed E-state index contributed by atoms with van der Waals surface area (Å²) in [6.07, 6.45) is -4.98. The smallest absolute Gasteiger partial charge is 0.400 e. The van der Waals surface area contributed by atoms with Gasteiger partial charge in [-0.2, -0.15) is 5.26 Å². The Morgan fingerprint density at radius 3 is 2.62 bits per heavy atom. The maximum absolute atomic E-state index is 11.9. The van der Waals surface area contributed by atoms with Crippen LogP contribution in [0.2, 0.25) is 0 Å². The van der Waals surface area contributed by atoms with E-state index in [0.29, 0.717) is 0 Å². The van der Waals surface area contributed by atoms with Crippen molar-refractivity contribution >= 4 is 0 Å². The van der Waals surface area contributed by atoms with Crippen LogP contribution in [0.3, 0.4) is 0 Å². The second kappa shape index (κ2) is 4.24. The van der Waals surface area contributed by atoms with Crippen LogP contribution in [0, 0.1) is 11.3 Å². The summed E-state index contributed by atoms with van der Waals surface area (Å²) >= 11 is 0. The van der Waals surface area contributed by atoms with Crippen LogP contribution in [-0.4, -0.2) is 11.3 Å². The van der Waals surface area contributed by atoms with Gasteiger partial charge in [-0.1, -0.05) is 0 Å². The van der Waals surface area contributed by atoms with E-state index in [0.717, 1.165) is 6.07 Å². The number of ether oxygens (including phenoxy) is 1. The second-order valence-electron chi connectivity index (χ2n) is 2.73. The summed E-state index contributed by atoms with van der Waals surface area (Å²) in [5, 5.41) is 8.48. The fourth-order valence-corrected chi connectivity index (χ4v) is 1.04. The highest BCUT2D eigenvalue weighted by atomic mass is 19.4. The number of hydrogen-bond acceptors (Lipinski definition) is 4. The van der Waals surface area contributed by atoms with Crippen molar-refractivity contribution < 1.29 is 17.9 Å². The number of nitrogens with two attached hydrogens (primary N) is 1. The third-order valence-corrected chi connectivity index (χ3v) is 1.62. The van der Waals surface area contributed by atoms with E-state index in [9.17, 15) is 18.0 Å². The molecule has 0 aliphatic carbocycles. The molecule has 0 spiro atoms. The highest BCUT2D eigenvalue weighted by Crippen LogP contribution is 2.22. The van der Waals surface area contributed by atoms with Gasteiger partial charge in [-0.3, -0.25) is 4.79 Å². The molecule has 0 bridgehead atoms. The fraction of sp³-hybridized carbons (Fsp3) is 0.250. The van der Waals surface area contributed by atoms with Crippen LogP contribution in [0.5, 0.6) is 5.75 Å². The Bertz CT molecular complexity index is 487. The molecule has 0 atom stereocenters. The monoisotopic (exact) mass is 233 g/mol. The summed E-state index contributed by atoms with van der Waals surface area (Å²) in [4.78, 5) is 13.1. The van der Waals surface area contributed by atoms with Gasteiger partial charge in [0.1, 0.15) is 11.8 Å². The van der Waals surface area contributed by atoms with Crippen LogP contribution in [0.25, 0.3) is 0 Å². The molecule has 0 saturated carbocycles. The highest BCUT2D eigenvalue weighted by Gasteiger charge is 2.33. The van der Waals surface area contributed by atoms with Crippen LogP contribution < -0.4 is 16.0 Å². The number of nitriles is 1. The molecule has 0 amide bonds. The molecule has 1 aromatic rings. The molecule has 0 fully saturated rings. The number of nitrogens with one attached hydrogen (secondary N) is 1. The van der Waals surface area contributed by atoms with Gasteiger partial charge in [0.05, 0.1) is 0 Å². The number of hydrogen-bond donors (Lipinski definition) is 2. The van der Waals surface area contributed by atoms with E-state index in [1.54, 1.807) is 6.07 Å². The summed E-state index contributed by atoms with van der Waals surface area (Å²) in [7, 11) is 0. The van der Waals surface area contributed by atoms with Crippen molar-refractivity contribution in [2.45, 2.75) is 12.9 Å². The molecule has 8 heteroatoms. The van der Waals surface area contributed by atoms with E-state index in [4.69, 9.17) is 11.0 Å². The van der Waals surface area contributed by atoms with E-state index in [2.05, 4.69) is 4.74 Å². The lowest BCUT2D eigenvalue weighted by molar-refractivity contribution is -0.275. The minimum atomic E-state index is -4.98. The fourth-order valence-electron chi connectivity index (χ4n) is 1.04. The lowest BCUT2D eigenvalue weighted by Gasteiger charge is -2.11. The largest absolute Gasteiger partial charge is 0.573 e. The number of aromatic nitrogens is 1. The minimum absolute atomic E-state index is 0.181. The van der Waals surface area contributed by atoms with Gasteiger partial charge < -0.3 is 15.5 Å². The Morgan fingerprint density at radius 1 is 1.56 bits per heavy atom. The SMILES string of the molecule is N#Cc1cc(CN)c(OC(F)(F)F)c(=O)[nH]1. The Hall–Kier alpha value is -2.01. The molecule has 1 aromatic heterocycles. The zero-order valence-electron chi connectivity index (χ0n) is 7.76. The van der Waals surface area contributed by atoms with Crippen molar-refractivity contribution in [1.82, 2.24) is 4.98 Å². The molecular formula is C8H6F3N3O2. The summed E-state index contributed by atoms with van der Waals surface area (Å²) in [5.74, 6) is -0.936. The minimum Gasteiger partial charge on any atom is -0.400 e. The van der Waals surface area contributed by atoms with Crippen molar-refractivity contribution in [3.05, 3.63) is 27.7 Å². The van der Waals surface area contributed by atoms with Gasteiger partial charge in [-0.05, 0) is 6.07 Å². The zero-order chi connectivity index (χ0) is 12.3. The number of nitrogens with zero attached hydrogens (tertiary/aromatic N) is 1. The highest BCUT2D eigenvalue weighted by molar-refractivity contribution is 5.36. The van der Waals surface area contributed by atoms with E-state index in [-0.39, 0.29) is 17.8 Å². The van der Waals surface area contributed by atoms with Crippen molar-refractivity contribution in [3.63, 3.8) is 0 Å². The first-order chi connectivity index (χ1) is 7.37. The predicted molar refractivity (Wildman–Crippen MR) is 46.4 cm³/mol. The molecule has 3 N–H and O–H groups in total. The molecule has 0 aromatic carbocycles. The number of aromatic amines is 1. The van der Waals surface area contributed by atoms with Gasteiger partial charge in [-0.15, -0.1) is 13.2 Å². The van der Waals surface area contributed by atoms with Crippen LogP contribution in [-0.2, 0) is 6.54 Å². The normalized spacial score (nSPS) is 10.9. The maximum atomic E-state index is 11.9. The average Bonchev–Trinajstić information content (AvgIpc) is 2.19. The lowest BCUT2D eigenvalue weighted by Crippen LogP contribution is -2.25. The van der Waals surface area contributed by atoms with Crippen LogP contribution >= 0.6 is 0 Å². The molecule has 16 heavy (non-hydrogen) atoms. The van der Waals surface area contributed by atoms with Crippen LogP contribution in [0.4, 0.5) is 13.2 Å². The summed E-state index contributed by atoms with van der Waals surface area (Å²) in [6.45, 7) is -0.343. The molecular weight excluding hydrogens is 227 g/mol. The summed E-state index contributed by atoms with van der Waals surface area (Å²) in [6, 6.07) is 2.61. The van der Waals surface area contributed by atoms with Gasteiger partial charge in [-0.25, -0.2) is 0 Å². The first kappa shape index (κ1) is 12.1. The van der Waals surface area contributed by atoms with Crippen molar-refractivity contribution in [1.29, 1.82) is 5.26 Å². The molecule has 0 unspecified atom stereocenters. The third-order valence-electron chi connectivity index (χ3n) is 1.62. The molecule has 0 saturated heterocycles. The topological polar surface area (TPSA) is 91.9 Å². The van der Waals surface area contributed by atoms with Gasteiger partial charge in [0.15, 0.2) is 5.75 Å². The van der Waals surface area contributed by atoms with Crippen molar-refractivity contribution in [2.24, 2.45) is 5.73 Å². The molecule has 1 rings (SSSR count). The Balaban J connectivity index is 3.29. The maximum Gasteiger partial charge on any atom is 0.573 e. The summed E-state index contributed by atoms with van der Waals surface area (Å²) < 4.78 is 39.3. The zero-order valence-corrected chi connectivity index (χ0v) is 7.76. The van der Waals surface area contributed by atoms with E-state index in [1.165, 1.54) is 0 Å². The Labute approximate surface area is 87.3 Å². The first-order valence-electron chi connectivity index (χ1n) is 3.99. The van der Waals surface area contributed by atoms with Gasteiger partial charge >= 0.3 is 6.36 Å². The van der Waals surface area contributed by atoms with Gasteiger partial charge in [0.25, 0.3) is 5.56 Å². The molecule has 0 aliphatic heterocycles. The van der Waals surface area contributed by atoms with Crippen molar-refractivity contribution in [3.8, 4) is 11.8 Å². The van der Waals surface area contributed by atoms with Gasteiger partial charge in [0.2, 0.25) is 0 Å². The summed E-state index contributed by atoms with van der Waals surface area (Å²) in [5.41, 5.74) is 3.65. The molecule has 1 heterocycles.